The minimum Gasteiger partial charge on any atom is -0.309 e. The van der Waals surface area contributed by atoms with Gasteiger partial charge in [-0.15, -0.1) is 0 Å². The molecule has 1 heterocycles. The second-order valence-corrected chi connectivity index (χ2v) is 8.74. The van der Waals surface area contributed by atoms with E-state index in [9.17, 15) is 14.9 Å². The van der Waals surface area contributed by atoms with Gasteiger partial charge >= 0.3 is 0 Å². The summed E-state index contributed by atoms with van der Waals surface area (Å²) in [4.78, 5) is 23.8. The van der Waals surface area contributed by atoms with Crippen LogP contribution in [0, 0.1) is 17.0 Å². The fourth-order valence-electron chi connectivity index (χ4n) is 4.34. The second-order valence-electron chi connectivity index (χ2n) is 8.74. The molecule has 0 amide bonds. The smallest absolute Gasteiger partial charge is 0.269 e. The maximum atomic E-state index is 13.0. The molecule has 0 spiro atoms. The molecule has 0 aliphatic rings. The first-order valence-corrected chi connectivity index (χ1v) is 11.9. The van der Waals surface area contributed by atoms with Gasteiger partial charge in [0.15, 0.2) is 5.78 Å². The highest BCUT2D eigenvalue weighted by Crippen LogP contribution is 2.37. The molecule has 5 rings (SSSR count). The molecule has 0 saturated carbocycles. The van der Waals surface area contributed by atoms with Crippen LogP contribution in [0.25, 0.3) is 34.3 Å². The topological polar surface area (TPSA) is 65.1 Å². The van der Waals surface area contributed by atoms with Gasteiger partial charge in [0, 0.05) is 28.9 Å². The Balaban J connectivity index is 1.71. The van der Waals surface area contributed by atoms with Crippen molar-refractivity contribution < 1.29 is 9.72 Å². The zero-order valence-corrected chi connectivity index (χ0v) is 20.2. The van der Waals surface area contributed by atoms with Gasteiger partial charge in [0.1, 0.15) is 0 Å². The van der Waals surface area contributed by atoms with Crippen molar-refractivity contribution in [2.75, 3.05) is 0 Å². The number of carbonyl (C=O) groups excluding carboxylic acids is 1. The first-order valence-electron chi connectivity index (χ1n) is 11.9. The Morgan fingerprint density at radius 2 is 1.38 bits per heavy atom. The Morgan fingerprint density at radius 3 is 1.97 bits per heavy atom. The summed E-state index contributed by atoms with van der Waals surface area (Å²) in [6, 6.07) is 36.0. The molecule has 0 saturated heterocycles. The number of aromatic nitrogens is 1. The number of ketones is 1. The van der Waals surface area contributed by atoms with Crippen LogP contribution in [0.2, 0.25) is 0 Å². The van der Waals surface area contributed by atoms with Crippen molar-refractivity contribution in [3.8, 4) is 28.2 Å². The number of hydrogen-bond donors (Lipinski definition) is 0. The highest BCUT2D eigenvalue weighted by molar-refractivity contribution is 6.07. The molecule has 5 aromatic rings. The molecule has 5 nitrogen and oxygen atoms in total. The van der Waals surface area contributed by atoms with Crippen LogP contribution in [0.1, 0.15) is 21.5 Å². The van der Waals surface area contributed by atoms with Crippen molar-refractivity contribution in [1.29, 1.82) is 0 Å². The van der Waals surface area contributed by atoms with Gasteiger partial charge in [-0.1, -0.05) is 90.5 Å². The minimum atomic E-state index is -0.402. The fourth-order valence-corrected chi connectivity index (χ4v) is 4.34. The molecule has 4 aromatic carbocycles. The number of rotatable bonds is 7. The second kappa shape index (κ2) is 10.3. The quantitative estimate of drug-likeness (QED) is 0.102. The predicted molar refractivity (Wildman–Crippen MR) is 148 cm³/mol. The number of nitro groups is 1. The zero-order chi connectivity index (χ0) is 25.8. The van der Waals surface area contributed by atoms with Gasteiger partial charge in [0.25, 0.3) is 5.69 Å². The molecule has 0 atom stereocenters. The number of allylic oxidation sites excluding steroid dienone is 1. The van der Waals surface area contributed by atoms with Crippen molar-refractivity contribution in [2.45, 2.75) is 6.92 Å². The number of carbonyl (C=O) groups is 1. The number of nitrogens with zero attached hydrogens (tertiary/aromatic N) is 2. The van der Waals surface area contributed by atoms with Crippen molar-refractivity contribution >= 4 is 17.5 Å². The summed E-state index contributed by atoms with van der Waals surface area (Å²) in [5.41, 5.74) is 7.16. The molecular weight excluding hydrogens is 460 g/mol. The molecule has 0 fully saturated rings. The number of benzene rings is 4. The van der Waals surface area contributed by atoms with Crippen molar-refractivity contribution in [1.82, 2.24) is 4.57 Å². The summed E-state index contributed by atoms with van der Waals surface area (Å²) in [5.74, 6) is -0.0802. The summed E-state index contributed by atoms with van der Waals surface area (Å²) < 4.78 is 2.09. The minimum absolute atomic E-state index is 0.0299. The third kappa shape index (κ3) is 5.02. The van der Waals surface area contributed by atoms with Gasteiger partial charge < -0.3 is 4.57 Å². The first kappa shape index (κ1) is 23.7. The van der Waals surface area contributed by atoms with E-state index >= 15 is 0 Å². The number of aryl methyl sites for hydroxylation is 1. The summed E-state index contributed by atoms with van der Waals surface area (Å²) in [7, 11) is 0. The monoisotopic (exact) mass is 484 g/mol. The highest BCUT2D eigenvalue weighted by atomic mass is 16.6. The molecule has 0 bridgehead atoms. The van der Waals surface area contributed by atoms with Crippen LogP contribution < -0.4 is 0 Å². The van der Waals surface area contributed by atoms with Crippen molar-refractivity contribution in [2.24, 2.45) is 0 Å². The van der Waals surface area contributed by atoms with E-state index in [0.717, 1.165) is 39.3 Å². The molecule has 1 aromatic heterocycles. The molecule has 0 aliphatic heterocycles. The Hall–Kier alpha value is -5.03. The Morgan fingerprint density at radius 1 is 0.784 bits per heavy atom. The first-order chi connectivity index (χ1) is 18.0. The molecule has 0 N–H and O–H groups in total. The number of hydrogen-bond acceptors (Lipinski definition) is 3. The van der Waals surface area contributed by atoms with Crippen LogP contribution in [-0.4, -0.2) is 15.3 Å². The van der Waals surface area contributed by atoms with Gasteiger partial charge in [0.2, 0.25) is 0 Å². The van der Waals surface area contributed by atoms with E-state index in [0.29, 0.717) is 5.56 Å². The lowest BCUT2D eigenvalue weighted by molar-refractivity contribution is -0.384. The van der Waals surface area contributed by atoms with Crippen LogP contribution in [0.15, 0.2) is 121 Å². The van der Waals surface area contributed by atoms with E-state index in [4.69, 9.17) is 0 Å². The maximum absolute atomic E-state index is 13.0. The average Bonchev–Trinajstić information content (AvgIpc) is 3.32. The summed E-state index contributed by atoms with van der Waals surface area (Å²) >= 11 is 0. The molecule has 0 unspecified atom stereocenters. The van der Waals surface area contributed by atoms with Crippen molar-refractivity contribution in [3.05, 3.63) is 148 Å². The van der Waals surface area contributed by atoms with Gasteiger partial charge in [-0.25, -0.2) is 0 Å². The summed E-state index contributed by atoms with van der Waals surface area (Å²) in [5, 5.41) is 11.3. The van der Waals surface area contributed by atoms with Crippen LogP contribution in [0.5, 0.6) is 0 Å². The Bertz CT molecular complexity index is 1580. The molecular formula is C32H24N2O3. The molecule has 37 heavy (non-hydrogen) atoms. The van der Waals surface area contributed by atoms with E-state index in [1.165, 1.54) is 12.1 Å². The van der Waals surface area contributed by atoms with Gasteiger partial charge in [0.05, 0.1) is 16.3 Å². The standard InChI is InChI=1S/C32H24N2O3/c1-23-12-14-25(15-13-23)31(35)21-16-27-22-30(24-8-4-2-5-9-24)33(32(27)26-10-6-3-7-11-26)28-17-19-29(20-18-28)34(36)37/h2-22H,1H3/b21-16+. The zero-order valence-electron chi connectivity index (χ0n) is 20.2. The van der Waals surface area contributed by atoms with Crippen LogP contribution in [0.4, 0.5) is 5.69 Å². The van der Waals surface area contributed by atoms with Gasteiger partial charge in [-0.2, -0.15) is 0 Å². The lowest BCUT2D eigenvalue weighted by Crippen LogP contribution is -2.00. The van der Waals surface area contributed by atoms with Crippen LogP contribution in [0.3, 0.4) is 0 Å². The van der Waals surface area contributed by atoms with Gasteiger partial charge in [-0.3, -0.25) is 14.9 Å². The van der Waals surface area contributed by atoms with Crippen molar-refractivity contribution in [3.63, 3.8) is 0 Å². The largest absolute Gasteiger partial charge is 0.309 e. The van der Waals surface area contributed by atoms with E-state index in [1.54, 1.807) is 18.2 Å². The number of non-ortho nitro benzene ring substituents is 1. The normalized spacial score (nSPS) is 11.1. The summed E-state index contributed by atoms with van der Waals surface area (Å²) in [6.45, 7) is 1.99. The maximum Gasteiger partial charge on any atom is 0.269 e. The van der Waals surface area contributed by atoms with Gasteiger partial charge in [-0.05, 0) is 48.4 Å². The van der Waals surface area contributed by atoms with Crippen LogP contribution in [-0.2, 0) is 0 Å². The van der Waals surface area contributed by atoms with E-state index in [2.05, 4.69) is 10.6 Å². The lowest BCUT2D eigenvalue weighted by atomic mass is 10.0. The highest BCUT2D eigenvalue weighted by Gasteiger charge is 2.19. The average molecular weight is 485 g/mol. The van der Waals surface area contributed by atoms with E-state index < -0.39 is 4.92 Å². The SMILES string of the molecule is Cc1ccc(C(=O)/C=C/c2cc(-c3ccccc3)n(-c3ccc([N+](=O)[O-])cc3)c2-c2ccccc2)cc1. The van der Waals surface area contributed by atoms with E-state index in [1.807, 2.05) is 97.9 Å². The molecule has 180 valence electrons. The Labute approximate surface area is 215 Å². The lowest BCUT2D eigenvalue weighted by Gasteiger charge is -2.15. The van der Waals surface area contributed by atoms with Crippen LogP contribution >= 0.6 is 0 Å². The summed E-state index contributed by atoms with van der Waals surface area (Å²) in [6.07, 6.45) is 3.44. The number of nitro benzene ring substituents is 1. The third-order valence-electron chi connectivity index (χ3n) is 6.22. The predicted octanol–water partition coefficient (Wildman–Crippen LogP) is 7.92. The molecule has 0 aliphatic carbocycles. The van der Waals surface area contributed by atoms with E-state index in [-0.39, 0.29) is 11.5 Å². The Kier molecular flexibility index (Phi) is 6.60. The molecule has 0 radical (unpaired) electrons. The fraction of sp³-hybridized carbons (Fsp3) is 0.0312. The molecule has 5 heteroatoms. The third-order valence-corrected chi connectivity index (χ3v) is 6.22.